The van der Waals surface area contributed by atoms with Gasteiger partial charge in [-0.1, -0.05) is 25.1 Å². The predicted molar refractivity (Wildman–Crippen MR) is 109 cm³/mol. The number of primary amides is 1. The van der Waals surface area contributed by atoms with Gasteiger partial charge in [-0.15, -0.1) is 0 Å². The molecule has 2 saturated carbocycles. The predicted octanol–water partition coefficient (Wildman–Crippen LogP) is 2.63. The van der Waals surface area contributed by atoms with Crippen LogP contribution in [0.1, 0.15) is 60.5 Å². The molecule has 0 bridgehead atoms. The molecule has 4 rings (SSSR count). The smallest absolute Gasteiger partial charge is 0.252 e. The molecule has 3 aliphatic rings. The lowest BCUT2D eigenvalue weighted by atomic mass is 9.52. The van der Waals surface area contributed by atoms with Crippen LogP contribution in [0.3, 0.4) is 0 Å². The number of quaternary nitrogens is 1. The topological polar surface area (TPSA) is 83.5 Å². The Morgan fingerprint density at radius 1 is 1.36 bits per heavy atom. The summed E-state index contributed by atoms with van der Waals surface area (Å²) in [5.41, 5.74) is 6.72. The van der Waals surface area contributed by atoms with Crippen LogP contribution < -0.4 is 5.73 Å². The van der Waals surface area contributed by atoms with Crippen molar-refractivity contribution in [3.05, 3.63) is 41.0 Å². The Labute approximate surface area is 167 Å². The molecule has 3 atom stereocenters. The maximum atomic E-state index is 12.2. The number of aromatic hydroxyl groups is 1. The summed E-state index contributed by atoms with van der Waals surface area (Å²) in [5.74, 6) is 0.0380. The first kappa shape index (κ1) is 19.5. The van der Waals surface area contributed by atoms with Crippen LogP contribution >= 0.6 is 0 Å². The highest BCUT2D eigenvalue weighted by atomic mass is 16.3. The van der Waals surface area contributed by atoms with Gasteiger partial charge in [0.2, 0.25) is 0 Å². The van der Waals surface area contributed by atoms with E-state index in [9.17, 15) is 15.0 Å². The van der Waals surface area contributed by atoms with E-state index in [0.717, 1.165) is 34.5 Å². The third-order valence-corrected chi connectivity index (χ3v) is 7.73. The number of carbonyl (C=O) groups excluding carboxylic acids is 1. The fraction of sp³-hybridized carbons (Fsp3) is 0.609. The van der Waals surface area contributed by atoms with Crippen LogP contribution in [0.5, 0.6) is 5.75 Å². The summed E-state index contributed by atoms with van der Waals surface area (Å²) in [6.45, 7) is 7.29. The SMILES string of the molecule is C=C1CC[C@@]2(O)[C@H]([N+](C)(C)CC3CC3)Cc3ccc(C(N)=O)c(O)c3C2(C)C1. The van der Waals surface area contributed by atoms with Gasteiger partial charge in [-0.05, 0) is 43.7 Å². The third kappa shape index (κ3) is 2.71. The second-order valence-corrected chi connectivity index (χ2v) is 10.2. The first-order chi connectivity index (χ1) is 13.0. The lowest BCUT2D eigenvalue weighted by Gasteiger charge is -2.59. The Bertz CT molecular complexity index is 858. The molecule has 0 heterocycles. The van der Waals surface area contributed by atoms with Crippen LogP contribution in [-0.2, 0) is 11.8 Å². The summed E-state index contributed by atoms with van der Waals surface area (Å²) < 4.78 is 0.765. The minimum Gasteiger partial charge on any atom is -0.507 e. The van der Waals surface area contributed by atoms with Crippen LogP contribution in [-0.4, -0.2) is 52.9 Å². The second-order valence-electron chi connectivity index (χ2n) is 10.2. The zero-order valence-corrected chi connectivity index (χ0v) is 17.3. The number of benzene rings is 1. The molecule has 152 valence electrons. The molecular weight excluding hydrogens is 352 g/mol. The molecule has 3 aliphatic carbocycles. The number of hydrogen-bond donors (Lipinski definition) is 3. The van der Waals surface area contributed by atoms with E-state index in [-0.39, 0.29) is 17.4 Å². The summed E-state index contributed by atoms with van der Waals surface area (Å²) in [7, 11) is 4.46. The Hall–Kier alpha value is -1.85. The van der Waals surface area contributed by atoms with Crippen LogP contribution in [0.15, 0.2) is 24.3 Å². The molecule has 4 N–H and O–H groups in total. The summed E-state index contributed by atoms with van der Waals surface area (Å²) >= 11 is 0. The van der Waals surface area contributed by atoms with Crippen molar-refractivity contribution >= 4 is 5.91 Å². The number of allylic oxidation sites excluding steroid dienone is 1. The average molecular weight is 386 g/mol. The van der Waals surface area contributed by atoms with E-state index in [4.69, 9.17) is 5.73 Å². The maximum Gasteiger partial charge on any atom is 0.252 e. The monoisotopic (exact) mass is 385 g/mol. The van der Waals surface area contributed by atoms with Gasteiger partial charge in [0.1, 0.15) is 17.4 Å². The van der Waals surface area contributed by atoms with Gasteiger partial charge in [0, 0.05) is 23.3 Å². The highest BCUT2D eigenvalue weighted by Gasteiger charge is 2.64. The van der Waals surface area contributed by atoms with Gasteiger partial charge in [-0.2, -0.15) is 0 Å². The third-order valence-electron chi connectivity index (χ3n) is 7.73. The van der Waals surface area contributed by atoms with Gasteiger partial charge in [-0.25, -0.2) is 0 Å². The minimum absolute atomic E-state index is 0.0255. The van der Waals surface area contributed by atoms with Crippen molar-refractivity contribution in [1.29, 1.82) is 0 Å². The van der Waals surface area contributed by atoms with E-state index < -0.39 is 16.9 Å². The molecule has 0 aliphatic heterocycles. The number of fused-ring (bicyclic) bond motifs is 3. The molecule has 2 fully saturated rings. The zero-order chi connectivity index (χ0) is 20.5. The quantitative estimate of drug-likeness (QED) is 0.550. The number of nitrogens with two attached hydrogens (primary N) is 1. The molecule has 1 amide bonds. The minimum atomic E-state index is -0.979. The molecule has 5 heteroatoms. The highest BCUT2D eigenvalue weighted by molar-refractivity contribution is 5.96. The van der Waals surface area contributed by atoms with Gasteiger partial charge in [0.15, 0.2) is 0 Å². The van der Waals surface area contributed by atoms with Crippen molar-refractivity contribution in [2.75, 3.05) is 20.6 Å². The summed E-state index contributed by atoms with van der Waals surface area (Å²) in [6.07, 6.45) is 5.25. The first-order valence-corrected chi connectivity index (χ1v) is 10.4. The number of aliphatic hydroxyl groups is 1. The highest BCUT2D eigenvalue weighted by Crippen LogP contribution is 2.58. The lowest BCUT2D eigenvalue weighted by molar-refractivity contribution is -0.925. The van der Waals surface area contributed by atoms with Crippen molar-refractivity contribution in [3.63, 3.8) is 0 Å². The average Bonchev–Trinajstić information content (AvgIpc) is 3.38. The fourth-order valence-electron chi connectivity index (χ4n) is 6.14. The summed E-state index contributed by atoms with van der Waals surface area (Å²) in [5, 5.41) is 23.2. The molecule has 0 radical (unpaired) electrons. The van der Waals surface area contributed by atoms with E-state index in [1.54, 1.807) is 6.07 Å². The number of phenols is 1. The lowest BCUT2D eigenvalue weighted by Crippen LogP contribution is -2.71. The Morgan fingerprint density at radius 3 is 2.64 bits per heavy atom. The Morgan fingerprint density at radius 2 is 2.04 bits per heavy atom. The Balaban J connectivity index is 1.91. The molecule has 5 nitrogen and oxygen atoms in total. The van der Waals surface area contributed by atoms with E-state index in [2.05, 4.69) is 20.7 Å². The van der Waals surface area contributed by atoms with Crippen molar-refractivity contribution in [2.45, 2.75) is 62.5 Å². The van der Waals surface area contributed by atoms with E-state index >= 15 is 0 Å². The number of likely N-dealkylation sites (N-methyl/N-ethyl adjacent to an activating group) is 1. The van der Waals surface area contributed by atoms with Crippen LogP contribution in [0, 0.1) is 5.92 Å². The van der Waals surface area contributed by atoms with Crippen LogP contribution in [0.4, 0.5) is 0 Å². The number of carbonyl (C=O) groups is 1. The molecule has 1 unspecified atom stereocenters. The van der Waals surface area contributed by atoms with Gasteiger partial charge in [0.05, 0.1) is 26.2 Å². The maximum absolute atomic E-state index is 12.2. The largest absolute Gasteiger partial charge is 0.507 e. The molecule has 0 aromatic heterocycles. The van der Waals surface area contributed by atoms with Crippen LogP contribution in [0.2, 0.25) is 0 Å². The van der Waals surface area contributed by atoms with Crippen molar-refractivity contribution in [2.24, 2.45) is 11.7 Å². The number of rotatable bonds is 4. The molecule has 1 aromatic rings. The molecule has 28 heavy (non-hydrogen) atoms. The van der Waals surface area contributed by atoms with Gasteiger partial charge in [-0.3, -0.25) is 4.79 Å². The van der Waals surface area contributed by atoms with E-state index in [1.165, 1.54) is 12.8 Å². The van der Waals surface area contributed by atoms with E-state index in [0.29, 0.717) is 24.8 Å². The Kier molecular flexibility index (Phi) is 4.22. The molecule has 0 spiro atoms. The van der Waals surface area contributed by atoms with Gasteiger partial charge < -0.3 is 20.4 Å². The summed E-state index contributed by atoms with van der Waals surface area (Å²) in [6, 6.07) is 3.57. The number of hydrogen-bond acceptors (Lipinski definition) is 3. The number of nitrogens with zero attached hydrogens (tertiary/aromatic N) is 1. The first-order valence-electron chi connectivity index (χ1n) is 10.4. The van der Waals surface area contributed by atoms with Crippen molar-refractivity contribution in [1.82, 2.24) is 0 Å². The zero-order valence-electron chi connectivity index (χ0n) is 17.3. The standard InChI is InChI=1S/C23H32N2O3/c1-14-9-10-23(28)18(25(3,4)13-15-5-6-15)11-16-7-8-17(21(24)27)20(26)19(16)22(23,2)12-14/h7-8,15,18,28H,1,5-6,9-13H2,2-4H3,(H2-,24,26,27)/p+1/t18-,22?,23-/m1/s1. The number of amides is 1. The second kappa shape index (κ2) is 6.07. The van der Waals surface area contributed by atoms with Crippen molar-refractivity contribution < 1.29 is 19.5 Å². The van der Waals surface area contributed by atoms with E-state index in [1.807, 2.05) is 13.0 Å². The molecule has 1 aromatic carbocycles. The van der Waals surface area contributed by atoms with Gasteiger partial charge >= 0.3 is 0 Å². The van der Waals surface area contributed by atoms with Crippen molar-refractivity contribution in [3.8, 4) is 5.75 Å². The van der Waals surface area contributed by atoms with Crippen LogP contribution in [0.25, 0.3) is 0 Å². The van der Waals surface area contributed by atoms with Gasteiger partial charge in [0.25, 0.3) is 5.91 Å². The normalized spacial score (nSPS) is 32.6. The molecular formula is C23H33N2O3+. The molecule has 0 saturated heterocycles. The summed E-state index contributed by atoms with van der Waals surface area (Å²) in [4.78, 5) is 11.8. The fourth-order valence-corrected chi connectivity index (χ4v) is 6.14.